The molecule has 0 aliphatic carbocycles. The fourth-order valence-electron chi connectivity index (χ4n) is 1.95. The van der Waals surface area contributed by atoms with Crippen LogP contribution in [0.15, 0.2) is 18.2 Å². The van der Waals surface area contributed by atoms with Crippen LogP contribution in [0.5, 0.6) is 5.75 Å². The molecule has 1 aromatic carbocycles. The summed E-state index contributed by atoms with van der Waals surface area (Å²) in [7, 11) is 0. The lowest BCUT2D eigenvalue weighted by atomic mass is 10.1. The SMILES string of the molecule is CSCC(C)NCc1ccc2c(c1)CCO2. The van der Waals surface area contributed by atoms with Crippen LogP contribution in [0.4, 0.5) is 0 Å². The van der Waals surface area contributed by atoms with Crippen LogP contribution in [0.1, 0.15) is 18.1 Å². The van der Waals surface area contributed by atoms with Gasteiger partial charge in [-0.2, -0.15) is 11.8 Å². The zero-order valence-electron chi connectivity index (χ0n) is 9.95. The Hall–Kier alpha value is -0.670. The normalized spacial score (nSPS) is 15.6. The first-order valence-electron chi connectivity index (χ1n) is 5.76. The minimum absolute atomic E-state index is 0.569. The molecule has 0 fully saturated rings. The van der Waals surface area contributed by atoms with Gasteiger partial charge in [0.25, 0.3) is 0 Å². The Bertz CT molecular complexity index is 354. The molecule has 0 spiro atoms. The van der Waals surface area contributed by atoms with Crippen molar-refractivity contribution in [2.24, 2.45) is 0 Å². The molecule has 1 atom stereocenters. The molecule has 2 nitrogen and oxygen atoms in total. The maximum absolute atomic E-state index is 5.49. The van der Waals surface area contributed by atoms with Gasteiger partial charge >= 0.3 is 0 Å². The summed E-state index contributed by atoms with van der Waals surface area (Å²) in [5.41, 5.74) is 2.72. The summed E-state index contributed by atoms with van der Waals surface area (Å²) in [6, 6.07) is 7.09. The van der Waals surface area contributed by atoms with E-state index in [1.54, 1.807) is 0 Å². The molecule has 1 aliphatic rings. The van der Waals surface area contributed by atoms with Gasteiger partial charge in [0.1, 0.15) is 5.75 Å². The van der Waals surface area contributed by atoms with Gasteiger partial charge in [-0.05, 0) is 30.4 Å². The number of nitrogens with one attached hydrogen (secondary N) is 1. The second-order valence-electron chi connectivity index (χ2n) is 4.28. The number of ether oxygens (including phenoxy) is 1. The molecule has 1 unspecified atom stereocenters. The van der Waals surface area contributed by atoms with Crippen molar-refractivity contribution < 1.29 is 4.74 Å². The van der Waals surface area contributed by atoms with E-state index in [1.807, 2.05) is 11.8 Å². The van der Waals surface area contributed by atoms with Crippen molar-refractivity contribution in [1.29, 1.82) is 0 Å². The van der Waals surface area contributed by atoms with Crippen LogP contribution in [0.2, 0.25) is 0 Å². The predicted molar refractivity (Wildman–Crippen MR) is 70.3 cm³/mol. The first-order chi connectivity index (χ1) is 7.79. The predicted octanol–water partition coefficient (Wildman–Crippen LogP) is 2.46. The summed E-state index contributed by atoms with van der Waals surface area (Å²) < 4.78 is 5.49. The van der Waals surface area contributed by atoms with Crippen LogP contribution >= 0.6 is 11.8 Å². The van der Waals surface area contributed by atoms with Gasteiger partial charge < -0.3 is 10.1 Å². The van der Waals surface area contributed by atoms with Gasteiger partial charge in [0.2, 0.25) is 0 Å². The van der Waals surface area contributed by atoms with Crippen molar-refractivity contribution in [3.05, 3.63) is 29.3 Å². The van der Waals surface area contributed by atoms with Crippen molar-refractivity contribution in [3.8, 4) is 5.75 Å². The minimum Gasteiger partial charge on any atom is -0.493 e. The molecule has 1 heterocycles. The zero-order valence-corrected chi connectivity index (χ0v) is 10.8. The summed E-state index contributed by atoms with van der Waals surface area (Å²) >= 11 is 1.88. The van der Waals surface area contributed by atoms with Crippen LogP contribution in [0, 0.1) is 0 Å². The summed E-state index contributed by atoms with van der Waals surface area (Å²) in [6.07, 6.45) is 3.20. The zero-order chi connectivity index (χ0) is 11.4. The maximum atomic E-state index is 5.49. The molecule has 1 aliphatic heterocycles. The van der Waals surface area contributed by atoms with Gasteiger partial charge in [-0.15, -0.1) is 0 Å². The number of hydrogen-bond donors (Lipinski definition) is 1. The second-order valence-corrected chi connectivity index (χ2v) is 5.19. The summed E-state index contributed by atoms with van der Waals surface area (Å²) in [5.74, 6) is 2.23. The third-order valence-electron chi connectivity index (χ3n) is 2.83. The quantitative estimate of drug-likeness (QED) is 0.850. The first kappa shape index (κ1) is 11.8. The molecule has 0 bridgehead atoms. The average molecular weight is 237 g/mol. The third kappa shape index (κ3) is 2.92. The third-order valence-corrected chi connectivity index (χ3v) is 3.66. The van der Waals surface area contributed by atoms with Gasteiger partial charge in [0, 0.05) is 24.8 Å². The highest BCUT2D eigenvalue weighted by Gasteiger charge is 2.11. The Morgan fingerprint density at radius 1 is 1.50 bits per heavy atom. The molecule has 88 valence electrons. The van der Waals surface area contributed by atoms with E-state index in [2.05, 4.69) is 36.7 Å². The van der Waals surface area contributed by atoms with E-state index in [0.29, 0.717) is 6.04 Å². The molecule has 0 amide bonds. The second kappa shape index (κ2) is 5.60. The summed E-state index contributed by atoms with van der Waals surface area (Å²) in [6.45, 7) is 4.02. The molecular weight excluding hydrogens is 218 g/mol. The van der Waals surface area contributed by atoms with E-state index in [-0.39, 0.29) is 0 Å². The first-order valence-corrected chi connectivity index (χ1v) is 7.16. The highest BCUT2D eigenvalue weighted by Crippen LogP contribution is 2.25. The van der Waals surface area contributed by atoms with Gasteiger partial charge in [0.15, 0.2) is 0 Å². The molecule has 16 heavy (non-hydrogen) atoms. The van der Waals surface area contributed by atoms with E-state index >= 15 is 0 Å². The standard InChI is InChI=1S/C13H19NOS/c1-10(9-16-2)14-8-11-3-4-13-12(7-11)5-6-15-13/h3-4,7,10,14H,5-6,8-9H2,1-2H3. The number of hydrogen-bond acceptors (Lipinski definition) is 3. The van der Waals surface area contributed by atoms with Gasteiger partial charge in [0.05, 0.1) is 6.61 Å². The monoisotopic (exact) mass is 237 g/mol. The molecule has 3 heteroatoms. The van der Waals surface area contributed by atoms with Crippen molar-refractivity contribution >= 4 is 11.8 Å². The maximum Gasteiger partial charge on any atom is 0.122 e. The largest absolute Gasteiger partial charge is 0.493 e. The molecule has 1 N–H and O–H groups in total. The van der Waals surface area contributed by atoms with Crippen molar-refractivity contribution in [1.82, 2.24) is 5.32 Å². The van der Waals surface area contributed by atoms with Crippen molar-refractivity contribution in [2.75, 3.05) is 18.6 Å². The number of rotatable bonds is 5. The van der Waals surface area contributed by atoms with E-state index in [4.69, 9.17) is 4.74 Å². The lowest BCUT2D eigenvalue weighted by Gasteiger charge is -2.12. The lowest BCUT2D eigenvalue weighted by molar-refractivity contribution is 0.357. The Balaban J connectivity index is 1.90. The highest BCUT2D eigenvalue weighted by molar-refractivity contribution is 7.98. The smallest absolute Gasteiger partial charge is 0.122 e. The van der Waals surface area contributed by atoms with Gasteiger partial charge in [-0.1, -0.05) is 12.1 Å². The van der Waals surface area contributed by atoms with E-state index in [0.717, 1.165) is 31.1 Å². The average Bonchev–Trinajstić information content (AvgIpc) is 2.74. The van der Waals surface area contributed by atoms with Crippen LogP contribution in [0.25, 0.3) is 0 Å². The molecule has 0 aromatic heterocycles. The number of thioether (sulfide) groups is 1. The summed E-state index contributed by atoms with van der Waals surface area (Å²) in [5, 5.41) is 3.53. The Kier molecular flexibility index (Phi) is 4.13. The number of fused-ring (bicyclic) bond motifs is 1. The van der Waals surface area contributed by atoms with E-state index in [1.165, 1.54) is 11.1 Å². The lowest BCUT2D eigenvalue weighted by Crippen LogP contribution is -2.27. The van der Waals surface area contributed by atoms with Gasteiger partial charge in [-0.3, -0.25) is 0 Å². The van der Waals surface area contributed by atoms with Crippen LogP contribution in [-0.4, -0.2) is 24.7 Å². The van der Waals surface area contributed by atoms with Crippen molar-refractivity contribution in [3.63, 3.8) is 0 Å². The molecule has 1 aromatic rings. The molecule has 0 saturated heterocycles. The van der Waals surface area contributed by atoms with Crippen LogP contribution in [-0.2, 0) is 13.0 Å². The van der Waals surface area contributed by atoms with Crippen LogP contribution < -0.4 is 10.1 Å². The topological polar surface area (TPSA) is 21.3 Å². The Morgan fingerprint density at radius 2 is 2.38 bits per heavy atom. The highest BCUT2D eigenvalue weighted by atomic mass is 32.2. The van der Waals surface area contributed by atoms with Crippen molar-refractivity contribution in [2.45, 2.75) is 25.9 Å². The van der Waals surface area contributed by atoms with Gasteiger partial charge in [-0.25, -0.2) is 0 Å². The number of benzene rings is 1. The Morgan fingerprint density at radius 3 is 3.19 bits per heavy atom. The molecule has 0 radical (unpaired) electrons. The minimum atomic E-state index is 0.569. The fraction of sp³-hybridized carbons (Fsp3) is 0.538. The summed E-state index contributed by atoms with van der Waals surface area (Å²) in [4.78, 5) is 0. The van der Waals surface area contributed by atoms with E-state index in [9.17, 15) is 0 Å². The molecule has 2 rings (SSSR count). The Labute approximate surface area is 102 Å². The molecule has 0 saturated carbocycles. The fourth-order valence-corrected chi connectivity index (χ4v) is 2.57. The van der Waals surface area contributed by atoms with E-state index < -0.39 is 0 Å². The molecular formula is C13H19NOS. The van der Waals surface area contributed by atoms with Crippen LogP contribution in [0.3, 0.4) is 0 Å².